The summed E-state index contributed by atoms with van der Waals surface area (Å²) in [4.78, 5) is 41.5. The van der Waals surface area contributed by atoms with Crippen LogP contribution in [0.5, 0.6) is 17.2 Å². The molecule has 0 unspecified atom stereocenters. The first kappa shape index (κ1) is 27.4. The molecule has 1 fully saturated rings. The van der Waals surface area contributed by atoms with Crippen LogP contribution in [0.3, 0.4) is 0 Å². The van der Waals surface area contributed by atoms with Crippen molar-refractivity contribution in [2.45, 2.75) is 38.0 Å². The summed E-state index contributed by atoms with van der Waals surface area (Å²) in [5, 5.41) is 5.97. The molecule has 2 N–H and O–H groups in total. The highest BCUT2D eigenvalue weighted by Gasteiger charge is 2.32. The van der Waals surface area contributed by atoms with Gasteiger partial charge in [0.1, 0.15) is 17.2 Å². The number of carbonyl (C=O) groups is 3. The Hall–Kier alpha value is -3.63. The molecule has 1 saturated heterocycles. The van der Waals surface area contributed by atoms with Crippen LogP contribution in [0, 0.1) is 0 Å². The van der Waals surface area contributed by atoms with E-state index in [-0.39, 0.29) is 36.3 Å². The predicted molar refractivity (Wildman–Crippen MR) is 141 cm³/mol. The van der Waals surface area contributed by atoms with Gasteiger partial charge >= 0.3 is 0 Å². The molecule has 10 nitrogen and oxygen atoms in total. The second-order valence-corrected chi connectivity index (χ2v) is 9.84. The maximum absolute atomic E-state index is 12.8. The van der Waals surface area contributed by atoms with Crippen LogP contribution >= 0.6 is 0 Å². The third-order valence-electron chi connectivity index (χ3n) is 6.68. The van der Waals surface area contributed by atoms with E-state index in [0.717, 1.165) is 5.56 Å². The zero-order valence-corrected chi connectivity index (χ0v) is 22.2. The fourth-order valence-corrected chi connectivity index (χ4v) is 4.56. The summed E-state index contributed by atoms with van der Waals surface area (Å²) in [5.41, 5.74) is 1.32. The van der Waals surface area contributed by atoms with E-state index >= 15 is 0 Å². The van der Waals surface area contributed by atoms with E-state index in [1.165, 1.54) is 7.11 Å². The number of ether oxygens (including phenoxy) is 3. The Labute approximate surface area is 223 Å². The minimum Gasteiger partial charge on any atom is -0.497 e. The number of hydrogen-bond donors (Lipinski definition) is 2. The average molecular weight is 525 g/mol. The average Bonchev–Trinajstić information content (AvgIpc) is 2.90. The molecule has 2 aromatic rings. The molecule has 38 heavy (non-hydrogen) atoms. The maximum atomic E-state index is 12.8. The number of methoxy groups -OCH3 is 1. The number of nitrogens with one attached hydrogen (secondary N) is 2. The molecule has 0 radical (unpaired) electrons. The van der Waals surface area contributed by atoms with Gasteiger partial charge in [0.2, 0.25) is 11.8 Å². The number of amides is 3. The highest BCUT2D eigenvalue weighted by molar-refractivity contribution is 5.95. The van der Waals surface area contributed by atoms with Crippen LogP contribution in [0.25, 0.3) is 0 Å². The van der Waals surface area contributed by atoms with E-state index < -0.39 is 0 Å². The van der Waals surface area contributed by atoms with Crippen molar-refractivity contribution in [1.82, 2.24) is 20.4 Å². The van der Waals surface area contributed by atoms with Gasteiger partial charge in [-0.1, -0.05) is 12.1 Å². The number of fused-ring (bicyclic) bond motifs is 5. The minimum absolute atomic E-state index is 0.0194. The Bertz CT molecular complexity index is 1150. The second-order valence-electron chi connectivity index (χ2n) is 9.84. The summed E-state index contributed by atoms with van der Waals surface area (Å²) in [6.07, 6.45) is 1.23. The molecule has 0 aromatic heterocycles. The first-order chi connectivity index (χ1) is 18.3. The van der Waals surface area contributed by atoms with Crippen molar-refractivity contribution in [3.63, 3.8) is 0 Å². The summed E-state index contributed by atoms with van der Waals surface area (Å²) in [5.74, 6) is 1.22. The Kier molecular flexibility index (Phi) is 9.19. The smallest absolute Gasteiger partial charge is 0.251 e. The van der Waals surface area contributed by atoms with Gasteiger partial charge in [0.15, 0.2) is 0 Å². The summed E-state index contributed by atoms with van der Waals surface area (Å²) in [6, 6.07) is 12.3. The molecule has 2 aliphatic rings. The lowest BCUT2D eigenvalue weighted by Crippen LogP contribution is -2.57. The molecule has 3 amide bonds. The zero-order valence-electron chi connectivity index (χ0n) is 22.2. The van der Waals surface area contributed by atoms with Crippen molar-refractivity contribution in [1.29, 1.82) is 0 Å². The lowest BCUT2D eigenvalue weighted by Gasteiger charge is -2.38. The monoisotopic (exact) mass is 524 g/mol. The topological polar surface area (TPSA) is 109 Å². The van der Waals surface area contributed by atoms with Crippen molar-refractivity contribution in [3.8, 4) is 17.2 Å². The van der Waals surface area contributed by atoms with Crippen molar-refractivity contribution in [2.75, 3.05) is 47.4 Å². The predicted octanol–water partition coefficient (Wildman–Crippen LogP) is 2.18. The van der Waals surface area contributed by atoms with Gasteiger partial charge in [0, 0.05) is 51.8 Å². The Morgan fingerprint density at radius 3 is 2.79 bits per heavy atom. The van der Waals surface area contributed by atoms with E-state index in [2.05, 4.69) is 15.5 Å². The molecule has 0 saturated carbocycles. The van der Waals surface area contributed by atoms with E-state index in [4.69, 9.17) is 14.2 Å². The lowest BCUT2D eigenvalue weighted by atomic mass is 10.0. The van der Waals surface area contributed by atoms with Gasteiger partial charge in [-0.3, -0.25) is 19.3 Å². The van der Waals surface area contributed by atoms with Gasteiger partial charge in [-0.25, -0.2) is 0 Å². The van der Waals surface area contributed by atoms with Crippen LogP contribution in [0.1, 0.15) is 35.2 Å². The first-order valence-corrected chi connectivity index (χ1v) is 12.9. The van der Waals surface area contributed by atoms with Gasteiger partial charge in [-0.2, -0.15) is 0 Å². The molecular weight excluding hydrogens is 488 g/mol. The van der Waals surface area contributed by atoms with E-state index in [9.17, 15) is 14.4 Å². The van der Waals surface area contributed by atoms with Gasteiger partial charge < -0.3 is 29.7 Å². The molecule has 4 rings (SSSR count). The normalized spacial score (nSPS) is 21.0. The third-order valence-corrected chi connectivity index (χ3v) is 6.68. The van der Waals surface area contributed by atoms with Gasteiger partial charge in [0.25, 0.3) is 5.91 Å². The molecule has 10 heteroatoms. The third kappa shape index (κ3) is 7.45. The number of hydrogen-bond acceptors (Lipinski definition) is 7. The highest BCUT2D eigenvalue weighted by atomic mass is 16.5. The fraction of sp³-hybridized carbons (Fsp3) is 0.464. The van der Waals surface area contributed by atoms with E-state index in [1.807, 2.05) is 24.3 Å². The van der Waals surface area contributed by atoms with Crippen LogP contribution in [-0.4, -0.2) is 87.1 Å². The molecule has 2 aliphatic heterocycles. The lowest BCUT2D eigenvalue weighted by molar-refractivity contribution is -0.131. The highest BCUT2D eigenvalue weighted by Crippen LogP contribution is 2.28. The Morgan fingerprint density at radius 2 is 2.00 bits per heavy atom. The summed E-state index contributed by atoms with van der Waals surface area (Å²) >= 11 is 0. The number of nitrogens with zero attached hydrogens (tertiary/aromatic N) is 2. The van der Waals surface area contributed by atoms with Crippen LogP contribution in [-0.2, 0) is 20.9 Å². The van der Waals surface area contributed by atoms with E-state index in [0.29, 0.717) is 68.4 Å². The first-order valence-electron chi connectivity index (χ1n) is 12.9. The number of carbonyl (C=O) groups excluding carboxylic acids is 3. The number of likely N-dealkylation sites (tertiary alicyclic amines) is 1. The summed E-state index contributed by atoms with van der Waals surface area (Å²) in [7, 11) is 5.01. The molecular formula is C28H36N4O6. The quantitative estimate of drug-likeness (QED) is 0.634. The second kappa shape index (κ2) is 12.7. The van der Waals surface area contributed by atoms with Gasteiger partial charge in [0.05, 0.1) is 32.4 Å². The summed E-state index contributed by atoms with van der Waals surface area (Å²) < 4.78 is 17.7. The number of benzene rings is 2. The molecule has 2 aromatic carbocycles. The van der Waals surface area contributed by atoms with Crippen molar-refractivity contribution in [3.05, 3.63) is 53.6 Å². The Morgan fingerprint density at radius 1 is 1.16 bits per heavy atom. The number of rotatable bonds is 3. The maximum Gasteiger partial charge on any atom is 0.251 e. The van der Waals surface area contributed by atoms with Gasteiger partial charge in [-0.15, -0.1) is 0 Å². The SMILES string of the molecule is COc1cc2cc(c1)C(=O)NCCCC(=O)N[C@H]1CN(CC(=O)N(C)C)CC[C@@H]1OCc1cccc(c1)O2. The van der Waals surface area contributed by atoms with Crippen molar-refractivity contribution < 1.29 is 28.6 Å². The van der Waals surface area contributed by atoms with Crippen LogP contribution in [0.4, 0.5) is 0 Å². The minimum atomic E-state index is -0.272. The summed E-state index contributed by atoms with van der Waals surface area (Å²) in [6.45, 7) is 2.20. The standard InChI is InChI=1S/C28H36N4O6/c1-31(2)27(34)17-32-11-9-25-24(16-32)30-26(33)8-5-10-29-28(35)20-13-22(36-3)15-23(14-20)38-21-7-4-6-19(12-21)18-37-25/h4,6-7,12-15,24-25H,5,8-11,16-18H2,1-3H3,(H,29,35)(H,30,33)/t24-,25-/m0/s1. The van der Waals surface area contributed by atoms with E-state index in [1.54, 1.807) is 37.2 Å². The molecule has 2 atom stereocenters. The number of piperidine rings is 1. The van der Waals surface area contributed by atoms with Crippen molar-refractivity contribution >= 4 is 17.7 Å². The molecule has 0 spiro atoms. The van der Waals surface area contributed by atoms with Crippen LogP contribution in [0.2, 0.25) is 0 Å². The Balaban J connectivity index is 1.54. The van der Waals surface area contributed by atoms with Gasteiger partial charge in [-0.05, 0) is 42.7 Å². The zero-order chi connectivity index (χ0) is 27.1. The molecule has 204 valence electrons. The largest absolute Gasteiger partial charge is 0.497 e. The molecule has 4 bridgehead atoms. The molecule has 2 heterocycles. The molecule has 0 aliphatic carbocycles. The number of likely N-dealkylation sites (N-methyl/N-ethyl adjacent to an activating group) is 1. The fourth-order valence-electron chi connectivity index (χ4n) is 4.56. The van der Waals surface area contributed by atoms with Crippen LogP contribution < -0.4 is 20.1 Å². The van der Waals surface area contributed by atoms with Crippen LogP contribution in [0.15, 0.2) is 42.5 Å². The van der Waals surface area contributed by atoms with Crippen molar-refractivity contribution in [2.24, 2.45) is 0 Å².